The second-order valence-electron chi connectivity index (χ2n) is 21.3. The highest BCUT2D eigenvalue weighted by Gasteiger charge is 2.23. The lowest BCUT2D eigenvalue weighted by molar-refractivity contribution is 0.262. The van der Waals surface area contributed by atoms with Crippen molar-refractivity contribution in [2.24, 2.45) is 4.99 Å². The topological polar surface area (TPSA) is 228 Å². The van der Waals surface area contributed by atoms with E-state index in [2.05, 4.69) is 72.2 Å². The molecule has 10 aromatic rings. The van der Waals surface area contributed by atoms with E-state index >= 15 is 0 Å². The van der Waals surface area contributed by atoms with Crippen LogP contribution < -0.4 is 37.3 Å². The fourth-order valence-corrected chi connectivity index (χ4v) is 8.52. The molecule has 0 saturated heterocycles. The Labute approximate surface area is 466 Å². The van der Waals surface area contributed by atoms with Gasteiger partial charge in [0.25, 0.3) is 0 Å². The zero-order chi connectivity index (χ0) is 57.0. The molecule has 408 valence electrons. The largest absolute Gasteiger partial charge is 0.493 e. The molecule has 80 heavy (non-hydrogen) atoms. The number of ether oxygens (including phenoxy) is 2. The molecule has 0 radical (unpaired) electrons. The second-order valence-corrected chi connectivity index (χ2v) is 21.3. The lowest BCUT2D eigenvalue weighted by Crippen LogP contribution is -2.21. The molecule has 16 heteroatoms. The average Bonchev–Trinajstić information content (AvgIpc) is 4.09. The van der Waals surface area contributed by atoms with E-state index in [9.17, 15) is 9.59 Å². The zero-order valence-corrected chi connectivity index (χ0v) is 46.5. The number of hydrogen-bond donors (Lipinski definition) is 5. The van der Waals surface area contributed by atoms with E-state index in [1.165, 1.54) is 5.56 Å². The minimum Gasteiger partial charge on any atom is -0.493 e. The molecule has 10 rings (SSSR count). The van der Waals surface area contributed by atoms with Crippen LogP contribution in [0.2, 0.25) is 0 Å². The summed E-state index contributed by atoms with van der Waals surface area (Å²) in [5.41, 5.74) is 28.3. The van der Waals surface area contributed by atoms with Gasteiger partial charge in [0, 0.05) is 75.4 Å². The van der Waals surface area contributed by atoms with Gasteiger partial charge in [0.2, 0.25) is 6.08 Å². The van der Waals surface area contributed by atoms with Crippen molar-refractivity contribution in [1.29, 1.82) is 0 Å². The van der Waals surface area contributed by atoms with Crippen LogP contribution >= 0.6 is 0 Å². The first-order valence-corrected chi connectivity index (χ1v) is 26.3. The number of rotatable bonds is 13. The molecular formula is C64H68N12O4. The van der Waals surface area contributed by atoms with Crippen LogP contribution in [0.3, 0.4) is 0 Å². The summed E-state index contributed by atoms with van der Waals surface area (Å²) < 4.78 is 15.5. The quantitative estimate of drug-likeness (QED) is 0.0414. The number of fused-ring (bicyclic) bond motifs is 2. The van der Waals surface area contributed by atoms with E-state index in [0.29, 0.717) is 48.3 Å². The third kappa shape index (κ3) is 14.2. The number of carbonyl (C=O) groups excluding carboxylic acids is 2. The van der Waals surface area contributed by atoms with Crippen molar-refractivity contribution in [2.45, 2.75) is 79.1 Å². The van der Waals surface area contributed by atoms with Gasteiger partial charge < -0.3 is 32.0 Å². The number of aliphatic imine (C=N–C) groups is 1. The zero-order valence-electron chi connectivity index (χ0n) is 46.5. The highest BCUT2D eigenvalue weighted by Crippen LogP contribution is 2.34. The molecule has 16 nitrogen and oxygen atoms in total. The number of benzene rings is 6. The number of nitrogens with one attached hydrogen (secondary N) is 2. The third-order valence-corrected chi connectivity index (χ3v) is 13.1. The lowest BCUT2D eigenvalue weighted by Gasteiger charge is -2.15. The highest BCUT2D eigenvalue weighted by atomic mass is 16.5. The lowest BCUT2D eigenvalue weighted by atomic mass is 9.92. The fourth-order valence-electron chi connectivity index (χ4n) is 8.52. The van der Waals surface area contributed by atoms with Gasteiger partial charge in [0.15, 0.2) is 5.82 Å². The van der Waals surface area contributed by atoms with Gasteiger partial charge in [-0.15, -0.1) is 4.99 Å². The number of urea groups is 1. The van der Waals surface area contributed by atoms with Crippen LogP contribution in [-0.2, 0) is 28.5 Å². The van der Waals surface area contributed by atoms with Crippen molar-refractivity contribution in [3.8, 4) is 22.9 Å². The smallest absolute Gasteiger partial charge is 0.324 e. The molecule has 8 N–H and O–H groups in total. The summed E-state index contributed by atoms with van der Waals surface area (Å²) in [5, 5.41) is 19.2. The molecule has 4 aromatic heterocycles. The summed E-state index contributed by atoms with van der Waals surface area (Å²) in [6, 6.07) is 46.5. The van der Waals surface area contributed by atoms with Crippen LogP contribution in [0.4, 0.5) is 39.2 Å². The molecule has 0 fully saturated rings. The minimum absolute atomic E-state index is 0.0941. The van der Waals surface area contributed by atoms with E-state index < -0.39 is 0 Å². The number of anilines is 5. The molecule has 0 aliphatic rings. The first kappa shape index (κ1) is 56.4. The van der Waals surface area contributed by atoms with E-state index in [4.69, 9.17) is 31.8 Å². The highest BCUT2D eigenvalue weighted by molar-refractivity contribution is 6.07. The van der Waals surface area contributed by atoms with E-state index in [-0.39, 0.29) is 16.9 Å². The van der Waals surface area contributed by atoms with E-state index in [1.807, 2.05) is 159 Å². The van der Waals surface area contributed by atoms with Gasteiger partial charge in [-0.25, -0.2) is 19.0 Å². The van der Waals surface area contributed by atoms with Crippen molar-refractivity contribution in [3.63, 3.8) is 0 Å². The molecule has 0 bridgehead atoms. The Balaban J connectivity index is 0.000000176. The maximum absolute atomic E-state index is 13.3. The van der Waals surface area contributed by atoms with Crippen LogP contribution in [0.15, 0.2) is 175 Å². The summed E-state index contributed by atoms with van der Waals surface area (Å²) in [6.07, 6.45) is 9.76. The molecule has 0 saturated carbocycles. The fraction of sp³-hybridized carbons (Fsp3) is 0.219. The molecule has 0 unspecified atom stereocenters. The number of carbonyl (C=O) groups is 1. The van der Waals surface area contributed by atoms with Crippen LogP contribution in [0, 0.1) is 13.8 Å². The third-order valence-electron chi connectivity index (χ3n) is 13.1. The Hall–Kier alpha value is -9.79. The Morgan fingerprint density at radius 2 is 1.04 bits per heavy atom. The Morgan fingerprint density at radius 3 is 1.56 bits per heavy atom. The predicted octanol–water partition coefficient (Wildman–Crippen LogP) is 13.3. The van der Waals surface area contributed by atoms with Gasteiger partial charge in [0.05, 0.1) is 65.4 Å². The number of nitrogens with zero attached hydrogens (tertiary/aromatic N) is 7. The van der Waals surface area contributed by atoms with Crippen molar-refractivity contribution in [2.75, 3.05) is 41.0 Å². The SMILES string of the molecule is Cc1ccc(-n2nc(C(C)(C)C)cc2N=C=O)cc1.Cc1ccc(-n2nc(C(C)(C)C)cc2NC(=O)Nc2ccc(OCCc3ccncc3N)c3ccccc23)cc1.Nc1cnccc1CCOc1ccc(N)c2ccccc12. The van der Waals surface area contributed by atoms with E-state index in [1.54, 1.807) is 40.2 Å². The Kier molecular flexibility index (Phi) is 17.7. The van der Waals surface area contributed by atoms with Gasteiger partial charge in [-0.05, 0) is 85.6 Å². The van der Waals surface area contributed by atoms with Crippen LogP contribution in [-0.4, -0.2) is 54.9 Å². The molecule has 0 atom stereocenters. The summed E-state index contributed by atoms with van der Waals surface area (Å²) in [7, 11) is 0. The van der Waals surface area contributed by atoms with Crippen molar-refractivity contribution < 1.29 is 19.1 Å². The first-order chi connectivity index (χ1) is 38.4. The second kappa shape index (κ2) is 25.1. The maximum Gasteiger partial charge on any atom is 0.324 e. The number of hydrogen-bond acceptors (Lipinski definition) is 12. The summed E-state index contributed by atoms with van der Waals surface area (Å²) in [5.74, 6) is 2.67. The Bertz CT molecular complexity index is 3790. The Morgan fingerprint density at radius 1 is 0.562 bits per heavy atom. The van der Waals surface area contributed by atoms with Gasteiger partial charge in [-0.2, -0.15) is 10.2 Å². The van der Waals surface area contributed by atoms with Gasteiger partial charge in [-0.1, -0.05) is 125 Å². The molecule has 0 aliphatic heterocycles. The van der Waals surface area contributed by atoms with Gasteiger partial charge in [0.1, 0.15) is 17.3 Å². The van der Waals surface area contributed by atoms with Crippen molar-refractivity contribution >= 4 is 68.0 Å². The molecule has 0 spiro atoms. The van der Waals surface area contributed by atoms with Gasteiger partial charge >= 0.3 is 6.03 Å². The van der Waals surface area contributed by atoms with Crippen LogP contribution in [0.1, 0.15) is 75.2 Å². The number of aromatic nitrogens is 6. The summed E-state index contributed by atoms with van der Waals surface area (Å²) >= 11 is 0. The predicted molar refractivity (Wildman–Crippen MR) is 322 cm³/mol. The van der Waals surface area contributed by atoms with Crippen molar-refractivity contribution in [3.05, 3.63) is 204 Å². The monoisotopic (exact) mass is 1070 g/mol. The van der Waals surface area contributed by atoms with E-state index in [0.717, 1.165) is 84.6 Å². The number of pyridine rings is 2. The molecule has 6 aromatic carbocycles. The number of amides is 2. The summed E-state index contributed by atoms with van der Waals surface area (Å²) in [6.45, 7) is 17.6. The molecular weight excluding hydrogens is 1000 g/mol. The van der Waals surface area contributed by atoms with Crippen LogP contribution in [0.25, 0.3) is 32.9 Å². The molecule has 0 aliphatic carbocycles. The minimum atomic E-state index is -0.360. The normalized spacial score (nSPS) is 11.2. The first-order valence-electron chi connectivity index (χ1n) is 26.3. The maximum atomic E-state index is 13.3. The number of nitrogens with two attached hydrogens (primary N) is 3. The number of isocyanates is 1. The number of aryl methyl sites for hydroxylation is 2. The van der Waals surface area contributed by atoms with Crippen LogP contribution in [0.5, 0.6) is 11.5 Å². The van der Waals surface area contributed by atoms with Gasteiger partial charge in [-0.3, -0.25) is 15.3 Å². The average molecular weight is 1070 g/mol. The molecule has 4 heterocycles. The standard InChI is InChI=1S/C32H34N6O2.C17H17N3O.C15H17N3O/c1-21-9-11-23(12-10-21)38-30(19-29(37-38)32(2,3)4)36-31(39)35-27-13-14-28(25-8-6-5-7-24(25)27)40-18-16-22-15-17-34-20-26(22)33;18-15-5-6-17(14-4-2-1-3-13(14)15)21-10-8-12-7-9-20-11-16(12)19;1-11-5-7-12(8-6-11)18-14(16-10-19)9-13(17-18)15(2,3)4/h5-15,17,19-20H,16,18,33H2,1-4H3,(H2,35,36,39);1-7,9,11H,8,10,18-19H2;5-9H,1-4H3. The van der Waals surface area contributed by atoms with Crippen molar-refractivity contribution in [1.82, 2.24) is 29.5 Å². The number of nitrogen functional groups attached to an aromatic ring is 3. The molecule has 2 amide bonds. The summed E-state index contributed by atoms with van der Waals surface area (Å²) in [4.78, 5) is 35.5.